The number of hydrogen-bond donors (Lipinski definition) is 3. The van der Waals surface area contributed by atoms with Crippen LogP contribution in [0.2, 0.25) is 0 Å². The van der Waals surface area contributed by atoms with Crippen LogP contribution < -0.4 is 16.0 Å². The van der Waals surface area contributed by atoms with Crippen LogP contribution in [0.3, 0.4) is 0 Å². The molecule has 6 nitrogen and oxygen atoms in total. The quantitative estimate of drug-likeness (QED) is 0.606. The smallest absolute Gasteiger partial charge is 0.319 e. The molecule has 3 aromatic rings. The lowest BCUT2D eigenvalue weighted by atomic mass is 10.1. The van der Waals surface area contributed by atoms with Gasteiger partial charge in [-0.3, -0.25) is 4.79 Å². The van der Waals surface area contributed by atoms with E-state index in [0.717, 1.165) is 23.2 Å². The molecule has 3 amide bonds. The third kappa shape index (κ3) is 5.22. The molecule has 3 rings (SSSR count). The number of furan rings is 1. The molecule has 27 heavy (non-hydrogen) atoms. The maximum atomic E-state index is 12.1. The fraction of sp³-hybridized carbons (Fsp3) is 0.143. The van der Waals surface area contributed by atoms with Crippen LogP contribution in [-0.4, -0.2) is 11.9 Å². The standard InChI is InChI=1S/C21H21N3O3/c1-2-15-6-3-9-18(12-15)24-21(26)22-14-16-7-4-8-17(13-16)23-20(25)19-10-5-11-27-19/h3-13H,2,14H2,1H3,(H,23,25)(H2,22,24,26). The van der Waals surface area contributed by atoms with Gasteiger partial charge in [-0.1, -0.05) is 31.2 Å². The predicted molar refractivity (Wildman–Crippen MR) is 105 cm³/mol. The summed E-state index contributed by atoms with van der Waals surface area (Å²) in [4.78, 5) is 24.1. The number of carbonyl (C=O) groups is 2. The van der Waals surface area contributed by atoms with Gasteiger partial charge in [-0.25, -0.2) is 4.79 Å². The number of nitrogens with one attached hydrogen (secondary N) is 3. The summed E-state index contributed by atoms with van der Waals surface area (Å²) in [6.07, 6.45) is 2.36. The summed E-state index contributed by atoms with van der Waals surface area (Å²) < 4.78 is 5.07. The summed E-state index contributed by atoms with van der Waals surface area (Å²) in [7, 11) is 0. The lowest BCUT2D eigenvalue weighted by Crippen LogP contribution is -2.28. The Morgan fingerprint density at radius 2 is 1.59 bits per heavy atom. The first-order valence-electron chi connectivity index (χ1n) is 8.71. The molecule has 6 heteroatoms. The number of hydrogen-bond acceptors (Lipinski definition) is 3. The van der Waals surface area contributed by atoms with E-state index < -0.39 is 0 Å². The number of urea groups is 1. The minimum Gasteiger partial charge on any atom is -0.459 e. The first kappa shape index (κ1) is 18.3. The Balaban J connectivity index is 1.54. The Kier molecular flexibility index (Phi) is 5.89. The van der Waals surface area contributed by atoms with E-state index in [1.165, 1.54) is 6.26 Å². The van der Waals surface area contributed by atoms with Gasteiger partial charge in [0.2, 0.25) is 0 Å². The van der Waals surface area contributed by atoms with Gasteiger partial charge in [-0.05, 0) is 53.9 Å². The van der Waals surface area contributed by atoms with Crippen molar-refractivity contribution in [1.29, 1.82) is 0 Å². The molecule has 0 aliphatic carbocycles. The molecule has 0 saturated heterocycles. The predicted octanol–water partition coefficient (Wildman–Crippen LogP) is 4.42. The van der Waals surface area contributed by atoms with Crippen molar-refractivity contribution >= 4 is 23.3 Å². The van der Waals surface area contributed by atoms with E-state index in [9.17, 15) is 9.59 Å². The van der Waals surface area contributed by atoms with Gasteiger partial charge in [0.25, 0.3) is 5.91 Å². The molecule has 0 atom stereocenters. The monoisotopic (exact) mass is 363 g/mol. The average Bonchev–Trinajstić information content (AvgIpc) is 3.22. The largest absolute Gasteiger partial charge is 0.459 e. The molecule has 0 saturated carbocycles. The lowest BCUT2D eigenvalue weighted by molar-refractivity contribution is 0.0996. The normalized spacial score (nSPS) is 10.3. The Morgan fingerprint density at radius 3 is 2.30 bits per heavy atom. The highest BCUT2D eigenvalue weighted by Crippen LogP contribution is 2.13. The Hall–Kier alpha value is -3.54. The molecular weight excluding hydrogens is 342 g/mol. The molecule has 138 valence electrons. The minimum absolute atomic E-state index is 0.243. The summed E-state index contributed by atoms with van der Waals surface area (Å²) in [5, 5.41) is 8.40. The number of rotatable bonds is 6. The van der Waals surface area contributed by atoms with Gasteiger partial charge in [0.05, 0.1) is 6.26 Å². The highest BCUT2D eigenvalue weighted by molar-refractivity contribution is 6.02. The molecule has 0 unspecified atom stereocenters. The van der Waals surface area contributed by atoms with Gasteiger partial charge < -0.3 is 20.4 Å². The third-order valence-electron chi connectivity index (χ3n) is 3.98. The number of benzene rings is 2. The molecule has 0 aliphatic rings. The van der Waals surface area contributed by atoms with Crippen molar-refractivity contribution in [1.82, 2.24) is 5.32 Å². The molecule has 0 spiro atoms. The SMILES string of the molecule is CCc1cccc(NC(=O)NCc2cccc(NC(=O)c3ccco3)c2)c1. The molecule has 0 aliphatic heterocycles. The summed E-state index contributed by atoms with van der Waals surface area (Å²) in [6.45, 7) is 2.40. The number of aryl methyl sites for hydroxylation is 1. The van der Waals surface area contributed by atoms with Gasteiger partial charge in [-0.15, -0.1) is 0 Å². The molecular formula is C21H21N3O3. The molecule has 1 heterocycles. The second-order valence-electron chi connectivity index (χ2n) is 5.99. The lowest BCUT2D eigenvalue weighted by Gasteiger charge is -2.10. The molecule has 0 fully saturated rings. The molecule has 3 N–H and O–H groups in total. The molecule has 2 aromatic carbocycles. The molecule has 0 radical (unpaired) electrons. The number of amides is 3. The van der Waals surface area contributed by atoms with Crippen molar-refractivity contribution in [3.8, 4) is 0 Å². The Bertz CT molecular complexity index is 920. The van der Waals surface area contributed by atoms with Crippen LogP contribution in [0.15, 0.2) is 71.3 Å². The summed E-state index contributed by atoms with van der Waals surface area (Å²) in [6, 6.07) is 18.0. The Labute approximate surface area is 157 Å². The highest BCUT2D eigenvalue weighted by Gasteiger charge is 2.09. The topological polar surface area (TPSA) is 83.4 Å². The minimum atomic E-state index is -0.321. The van der Waals surface area contributed by atoms with Crippen molar-refractivity contribution in [2.45, 2.75) is 19.9 Å². The van der Waals surface area contributed by atoms with Crippen molar-refractivity contribution < 1.29 is 14.0 Å². The van der Waals surface area contributed by atoms with Crippen molar-refractivity contribution in [2.24, 2.45) is 0 Å². The van der Waals surface area contributed by atoms with E-state index in [4.69, 9.17) is 4.42 Å². The average molecular weight is 363 g/mol. The van der Waals surface area contributed by atoms with Crippen LogP contribution in [0.4, 0.5) is 16.2 Å². The first-order chi connectivity index (χ1) is 13.1. The van der Waals surface area contributed by atoms with Crippen LogP contribution in [-0.2, 0) is 13.0 Å². The van der Waals surface area contributed by atoms with Gasteiger partial charge >= 0.3 is 6.03 Å². The van der Waals surface area contributed by atoms with Gasteiger partial charge in [0, 0.05) is 17.9 Å². The maximum Gasteiger partial charge on any atom is 0.319 e. The fourth-order valence-corrected chi connectivity index (χ4v) is 2.59. The zero-order chi connectivity index (χ0) is 19.1. The van der Waals surface area contributed by atoms with Crippen LogP contribution in [0.25, 0.3) is 0 Å². The van der Waals surface area contributed by atoms with E-state index in [0.29, 0.717) is 12.2 Å². The van der Waals surface area contributed by atoms with Gasteiger partial charge in [0.1, 0.15) is 0 Å². The van der Waals surface area contributed by atoms with E-state index in [2.05, 4.69) is 22.9 Å². The first-order valence-corrected chi connectivity index (χ1v) is 8.71. The van der Waals surface area contributed by atoms with E-state index >= 15 is 0 Å². The van der Waals surface area contributed by atoms with Gasteiger partial charge in [0.15, 0.2) is 5.76 Å². The van der Waals surface area contributed by atoms with Crippen molar-refractivity contribution in [3.63, 3.8) is 0 Å². The highest BCUT2D eigenvalue weighted by atomic mass is 16.3. The van der Waals surface area contributed by atoms with E-state index in [1.54, 1.807) is 24.3 Å². The summed E-state index contributed by atoms with van der Waals surface area (Å²) in [5.74, 6) is -0.0779. The van der Waals surface area contributed by atoms with Crippen LogP contribution in [0.1, 0.15) is 28.6 Å². The van der Waals surface area contributed by atoms with Crippen LogP contribution >= 0.6 is 0 Å². The molecule has 0 bridgehead atoms. The molecule has 1 aromatic heterocycles. The summed E-state index contributed by atoms with van der Waals surface area (Å²) >= 11 is 0. The number of carbonyl (C=O) groups excluding carboxylic acids is 2. The van der Waals surface area contributed by atoms with Crippen LogP contribution in [0, 0.1) is 0 Å². The van der Waals surface area contributed by atoms with Crippen molar-refractivity contribution in [3.05, 3.63) is 83.8 Å². The maximum absolute atomic E-state index is 12.1. The van der Waals surface area contributed by atoms with E-state index in [-0.39, 0.29) is 17.7 Å². The zero-order valence-corrected chi connectivity index (χ0v) is 15.0. The fourth-order valence-electron chi connectivity index (χ4n) is 2.59. The number of anilines is 2. The summed E-state index contributed by atoms with van der Waals surface area (Å²) in [5.41, 5.74) is 3.41. The second-order valence-corrected chi connectivity index (χ2v) is 5.99. The van der Waals surface area contributed by atoms with Gasteiger partial charge in [-0.2, -0.15) is 0 Å². The van der Waals surface area contributed by atoms with Crippen molar-refractivity contribution in [2.75, 3.05) is 10.6 Å². The van der Waals surface area contributed by atoms with E-state index in [1.807, 2.05) is 36.4 Å². The van der Waals surface area contributed by atoms with Crippen LogP contribution in [0.5, 0.6) is 0 Å². The Morgan fingerprint density at radius 1 is 0.889 bits per heavy atom. The zero-order valence-electron chi connectivity index (χ0n) is 15.0. The second kappa shape index (κ2) is 8.71. The third-order valence-corrected chi connectivity index (χ3v) is 3.98.